The van der Waals surface area contributed by atoms with E-state index >= 15 is 0 Å². The van der Waals surface area contributed by atoms with E-state index in [4.69, 9.17) is 0 Å². The van der Waals surface area contributed by atoms with Crippen LogP contribution in [0.15, 0.2) is 35.4 Å². The smallest absolute Gasteiger partial charge is 0.129 e. The number of unbranched alkanes of at least 4 members (excludes halogenated alkanes) is 1. The molecule has 2 nitrogen and oxygen atoms in total. The molecular formula is C14H17NOS. The second kappa shape index (κ2) is 5.92. The number of thioether (sulfide) groups is 1. The van der Waals surface area contributed by atoms with Gasteiger partial charge in [-0.1, -0.05) is 18.2 Å². The maximum Gasteiger partial charge on any atom is 0.129 e. The van der Waals surface area contributed by atoms with Crippen LogP contribution in [0.1, 0.15) is 26.2 Å². The number of benzene rings is 1. The molecule has 0 saturated heterocycles. The van der Waals surface area contributed by atoms with E-state index in [1.54, 1.807) is 6.92 Å². The van der Waals surface area contributed by atoms with Crippen LogP contribution in [0.25, 0.3) is 10.9 Å². The summed E-state index contributed by atoms with van der Waals surface area (Å²) in [6, 6.07) is 10.5. The number of H-pyrrole nitrogens is 1. The zero-order chi connectivity index (χ0) is 12.1. The third kappa shape index (κ3) is 3.63. The highest BCUT2D eigenvalue weighted by Crippen LogP contribution is 2.23. The Labute approximate surface area is 106 Å². The Morgan fingerprint density at radius 1 is 1.29 bits per heavy atom. The highest BCUT2D eigenvalue weighted by Gasteiger charge is 2.00. The molecule has 0 bridgehead atoms. The third-order valence-corrected chi connectivity index (χ3v) is 3.71. The van der Waals surface area contributed by atoms with E-state index in [9.17, 15) is 4.79 Å². The number of fused-ring (bicyclic) bond motifs is 1. The Morgan fingerprint density at radius 2 is 2.12 bits per heavy atom. The standard InChI is InChI=1S/C14H17NOS/c1-11(16)6-4-5-9-17-14-10-12-7-2-3-8-13(12)15-14/h2-3,7-8,10,15H,4-6,9H2,1H3. The molecule has 0 saturated carbocycles. The predicted molar refractivity (Wildman–Crippen MR) is 73.6 cm³/mol. The molecule has 17 heavy (non-hydrogen) atoms. The lowest BCUT2D eigenvalue weighted by Gasteiger charge is -1.97. The molecule has 0 aliphatic carbocycles. The van der Waals surface area contributed by atoms with E-state index < -0.39 is 0 Å². The number of ketones is 1. The van der Waals surface area contributed by atoms with Crippen LogP contribution in [0.2, 0.25) is 0 Å². The second-order valence-corrected chi connectivity index (χ2v) is 5.37. The van der Waals surface area contributed by atoms with Crippen molar-refractivity contribution in [3.63, 3.8) is 0 Å². The highest BCUT2D eigenvalue weighted by molar-refractivity contribution is 7.99. The Hall–Kier alpha value is -1.22. The minimum Gasteiger partial charge on any atom is -0.350 e. The van der Waals surface area contributed by atoms with Gasteiger partial charge in [0, 0.05) is 17.3 Å². The average Bonchev–Trinajstić information content (AvgIpc) is 2.70. The van der Waals surface area contributed by atoms with E-state index in [-0.39, 0.29) is 0 Å². The van der Waals surface area contributed by atoms with Crippen molar-refractivity contribution in [2.24, 2.45) is 0 Å². The Kier molecular flexibility index (Phi) is 4.26. The maximum atomic E-state index is 10.8. The molecule has 2 rings (SSSR count). The van der Waals surface area contributed by atoms with Gasteiger partial charge < -0.3 is 9.78 Å². The number of aromatic amines is 1. The van der Waals surface area contributed by atoms with Gasteiger partial charge in [-0.25, -0.2) is 0 Å². The van der Waals surface area contributed by atoms with Gasteiger partial charge in [-0.05, 0) is 37.7 Å². The molecule has 2 aromatic rings. The molecule has 3 heteroatoms. The van der Waals surface area contributed by atoms with Gasteiger partial charge in [0.15, 0.2) is 0 Å². The molecule has 0 atom stereocenters. The van der Waals surface area contributed by atoms with Crippen molar-refractivity contribution < 1.29 is 4.79 Å². The number of hydrogen-bond acceptors (Lipinski definition) is 2. The molecule has 0 spiro atoms. The SMILES string of the molecule is CC(=O)CCCCSc1cc2ccccc2[nH]1. The number of carbonyl (C=O) groups excluding carboxylic acids is 1. The summed E-state index contributed by atoms with van der Waals surface area (Å²) in [4.78, 5) is 14.2. The first kappa shape index (κ1) is 12.2. The van der Waals surface area contributed by atoms with Gasteiger partial charge in [0.2, 0.25) is 0 Å². The zero-order valence-electron chi connectivity index (χ0n) is 10.0. The van der Waals surface area contributed by atoms with Gasteiger partial charge in [0.1, 0.15) is 5.78 Å². The van der Waals surface area contributed by atoms with Gasteiger partial charge >= 0.3 is 0 Å². The number of para-hydroxylation sites is 1. The maximum absolute atomic E-state index is 10.8. The second-order valence-electron chi connectivity index (χ2n) is 4.23. The summed E-state index contributed by atoms with van der Waals surface area (Å²) in [5, 5.41) is 2.48. The average molecular weight is 247 g/mol. The van der Waals surface area contributed by atoms with Gasteiger partial charge in [-0.2, -0.15) is 0 Å². The van der Waals surface area contributed by atoms with Crippen LogP contribution < -0.4 is 0 Å². The van der Waals surface area contributed by atoms with Gasteiger partial charge in [-0.15, -0.1) is 11.8 Å². The highest BCUT2D eigenvalue weighted by atomic mass is 32.2. The first-order valence-electron chi connectivity index (χ1n) is 5.96. The number of nitrogens with one attached hydrogen (secondary N) is 1. The Morgan fingerprint density at radius 3 is 2.88 bits per heavy atom. The molecule has 0 radical (unpaired) electrons. The molecule has 0 fully saturated rings. The number of rotatable bonds is 6. The molecule has 1 N–H and O–H groups in total. The van der Waals surface area contributed by atoms with Crippen LogP contribution in [0.5, 0.6) is 0 Å². The molecule has 0 aliphatic rings. The van der Waals surface area contributed by atoms with Crippen molar-refractivity contribution >= 4 is 28.4 Å². The van der Waals surface area contributed by atoms with Crippen LogP contribution in [0.3, 0.4) is 0 Å². The van der Waals surface area contributed by atoms with Gasteiger partial charge in [0.05, 0.1) is 5.03 Å². The summed E-state index contributed by atoms with van der Waals surface area (Å²) in [6.07, 6.45) is 2.81. The normalized spacial score (nSPS) is 10.9. The van der Waals surface area contributed by atoms with Crippen molar-refractivity contribution in [2.45, 2.75) is 31.2 Å². The zero-order valence-corrected chi connectivity index (χ0v) is 10.8. The number of Topliss-reactive ketones (excluding diaryl/α,β-unsaturated/α-hetero) is 1. The molecule has 1 aromatic carbocycles. The van der Waals surface area contributed by atoms with E-state index in [1.807, 2.05) is 17.8 Å². The van der Waals surface area contributed by atoms with E-state index in [1.165, 1.54) is 15.9 Å². The van der Waals surface area contributed by atoms with Gasteiger partial charge in [-0.3, -0.25) is 0 Å². The topological polar surface area (TPSA) is 32.9 Å². The molecule has 0 unspecified atom stereocenters. The molecule has 90 valence electrons. The summed E-state index contributed by atoms with van der Waals surface area (Å²) in [6.45, 7) is 1.66. The van der Waals surface area contributed by atoms with Crippen LogP contribution >= 0.6 is 11.8 Å². The van der Waals surface area contributed by atoms with Crippen LogP contribution in [0.4, 0.5) is 0 Å². The summed E-state index contributed by atoms with van der Waals surface area (Å²) >= 11 is 1.83. The van der Waals surface area contributed by atoms with Crippen molar-refractivity contribution in [2.75, 3.05) is 5.75 Å². The number of aromatic nitrogens is 1. The number of hydrogen-bond donors (Lipinski definition) is 1. The third-order valence-electron chi connectivity index (χ3n) is 2.69. The fraction of sp³-hybridized carbons (Fsp3) is 0.357. The summed E-state index contributed by atoms with van der Waals surface area (Å²) in [5.74, 6) is 1.36. The van der Waals surface area contributed by atoms with E-state index in [0.717, 1.165) is 18.6 Å². The van der Waals surface area contributed by atoms with Crippen molar-refractivity contribution in [1.29, 1.82) is 0 Å². The monoisotopic (exact) mass is 247 g/mol. The minimum absolute atomic E-state index is 0.292. The molecule has 1 heterocycles. The van der Waals surface area contributed by atoms with Crippen molar-refractivity contribution in [1.82, 2.24) is 4.98 Å². The first-order chi connectivity index (χ1) is 8.25. The van der Waals surface area contributed by atoms with Gasteiger partial charge in [0.25, 0.3) is 0 Å². The van der Waals surface area contributed by atoms with E-state index in [2.05, 4.69) is 29.2 Å². The Balaban J connectivity index is 1.81. The quantitative estimate of drug-likeness (QED) is 0.617. The van der Waals surface area contributed by atoms with Crippen LogP contribution in [-0.4, -0.2) is 16.5 Å². The first-order valence-corrected chi connectivity index (χ1v) is 6.94. The molecule has 0 amide bonds. The predicted octanol–water partition coefficient (Wildman–Crippen LogP) is 4.02. The molecule has 1 aromatic heterocycles. The summed E-state index contributed by atoms with van der Waals surface area (Å²) in [5.41, 5.74) is 1.19. The van der Waals surface area contributed by atoms with Crippen LogP contribution in [0, 0.1) is 0 Å². The summed E-state index contributed by atoms with van der Waals surface area (Å²) in [7, 11) is 0. The van der Waals surface area contributed by atoms with E-state index in [0.29, 0.717) is 12.2 Å². The summed E-state index contributed by atoms with van der Waals surface area (Å²) < 4.78 is 0. The number of carbonyl (C=O) groups is 1. The Bertz CT molecular complexity index is 471. The van der Waals surface area contributed by atoms with Crippen molar-refractivity contribution in [3.8, 4) is 0 Å². The molecule has 0 aliphatic heterocycles. The van der Waals surface area contributed by atoms with Crippen LogP contribution in [-0.2, 0) is 4.79 Å². The lowest BCUT2D eigenvalue weighted by molar-refractivity contribution is -0.117. The minimum atomic E-state index is 0.292. The van der Waals surface area contributed by atoms with Crippen molar-refractivity contribution in [3.05, 3.63) is 30.3 Å². The molecular weight excluding hydrogens is 230 g/mol. The fourth-order valence-corrected chi connectivity index (χ4v) is 2.74. The lowest BCUT2D eigenvalue weighted by atomic mass is 10.2. The fourth-order valence-electron chi connectivity index (χ4n) is 1.78. The largest absolute Gasteiger partial charge is 0.350 e. The lowest BCUT2D eigenvalue weighted by Crippen LogP contribution is -1.90.